The lowest BCUT2D eigenvalue weighted by molar-refractivity contribution is -0.383. The molecule has 1 heterocycles. The van der Waals surface area contributed by atoms with E-state index in [1.165, 1.54) is 12.1 Å². The van der Waals surface area contributed by atoms with Crippen molar-refractivity contribution in [1.29, 1.82) is 0 Å². The highest BCUT2D eigenvalue weighted by atomic mass is 35.5. The maximum atomic E-state index is 12.5. The van der Waals surface area contributed by atoms with Crippen LogP contribution in [0.2, 0.25) is 5.02 Å². The SMILES string of the molecule is O=C(CN1CCNCC1c1cccc(Cl)c1)Nc1ccccc1[N+](=O)[O-]. The Bertz CT molecular complexity index is 815. The van der Waals surface area contributed by atoms with E-state index in [1.807, 2.05) is 29.2 Å². The lowest BCUT2D eigenvalue weighted by Crippen LogP contribution is -2.48. The molecule has 136 valence electrons. The third-order valence-corrected chi connectivity index (χ3v) is 4.54. The second kappa shape index (κ2) is 8.27. The molecule has 26 heavy (non-hydrogen) atoms. The van der Waals surface area contributed by atoms with E-state index in [0.29, 0.717) is 18.1 Å². The van der Waals surface area contributed by atoms with Gasteiger partial charge in [0.25, 0.3) is 5.69 Å². The maximum absolute atomic E-state index is 12.5. The molecule has 1 aliphatic heterocycles. The summed E-state index contributed by atoms with van der Waals surface area (Å²) in [5, 5.41) is 17.7. The van der Waals surface area contributed by atoms with Gasteiger partial charge in [-0.2, -0.15) is 0 Å². The summed E-state index contributed by atoms with van der Waals surface area (Å²) in [5.41, 5.74) is 1.12. The van der Waals surface area contributed by atoms with E-state index in [0.717, 1.165) is 12.1 Å². The molecule has 2 aromatic carbocycles. The molecular formula is C18H19ClN4O3. The van der Waals surface area contributed by atoms with Crippen molar-refractivity contribution in [2.45, 2.75) is 6.04 Å². The van der Waals surface area contributed by atoms with Crippen LogP contribution in [0.25, 0.3) is 0 Å². The molecule has 8 heteroatoms. The number of nitrogens with zero attached hydrogens (tertiary/aromatic N) is 2. The van der Waals surface area contributed by atoms with Gasteiger partial charge in [0.1, 0.15) is 5.69 Å². The zero-order valence-corrected chi connectivity index (χ0v) is 14.8. The summed E-state index contributed by atoms with van der Waals surface area (Å²) in [6.45, 7) is 2.32. The van der Waals surface area contributed by atoms with Crippen LogP contribution in [-0.2, 0) is 4.79 Å². The number of rotatable bonds is 5. The highest BCUT2D eigenvalue weighted by Crippen LogP contribution is 2.26. The van der Waals surface area contributed by atoms with E-state index in [2.05, 4.69) is 10.6 Å². The number of carbonyl (C=O) groups excluding carboxylic acids is 1. The molecule has 1 unspecified atom stereocenters. The molecule has 0 spiro atoms. The quantitative estimate of drug-likeness (QED) is 0.620. The number of amides is 1. The molecule has 0 saturated carbocycles. The van der Waals surface area contributed by atoms with Crippen LogP contribution in [0, 0.1) is 10.1 Å². The van der Waals surface area contributed by atoms with Gasteiger partial charge in [-0.15, -0.1) is 0 Å². The summed E-state index contributed by atoms with van der Waals surface area (Å²) in [6.07, 6.45) is 0. The zero-order chi connectivity index (χ0) is 18.5. The summed E-state index contributed by atoms with van der Waals surface area (Å²) >= 11 is 6.09. The second-order valence-corrected chi connectivity index (χ2v) is 6.50. The minimum Gasteiger partial charge on any atom is -0.319 e. The molecule has 0 aromatic heterocycles. The van der Waals surface area contributed by atoms with Crippen LogP contribution in [0.15, 0.2) is 48.5 Å². The fourth-order valence-electron chi connectivity index (χ4n) is 3.09. The van der Waals surface area contributed by atoms with E-state index < -0.39 is 4.92 Å². The smallest absolute Gasteiger partial charge is 0.292 e. The number of hydrogen-bond acceptors (Lipinski definition) is 5. The Balaban J connectivity index is 1.72. The highest BCUT2D eigenvalue weighted by molar-refractivity contribution is 6.30. The molecular weight excluding hydrogens is 356 g/mol. The fourth-order valence-corrected chi connectivity index (χ4v) is 3.29. The van der Waals surface area contributed by atoms with E-state index in [-0.39, 0.29) is 29.9 Å². The van der Waals surface area contributed by atoms with Crippen molar-refractivity contribution >= 4 is 28.9 Å². The number of nitro benzene ring substituents is 1. The van der Waals surface area contributed by atoms with Crippen LogP contribution in [0.4, 0.5) is 11.4 Å². The van der Waals surface area contributed by atoms with Crippen molar-refractivity contribution < 1.29 is 9.72 Å². The van der Waals surface area contributed by atoms with Gasteiger partial charge in [0.2, 0.25) is 5.91 Å². The number of carbonyl (C=O) groups is 1. The summed E-state index contributed by atoms with van der Waals surface area (Å²) in [4.78, 5) is 25.1. The van der Waals surface area contributed by atoms with Gasteiger partial charge in [0.05, 0.1) is 11.5 Å². The largest absolute Gasteiger partial charge is 0.319 e. The third kappa shape index (κ3) is 4.37. The molecule has 0 aliphatic carbocycles. The van der Waals surface area contributed by atoms with Gasteiger partial charge in [-0.1, -0.05) is 35.9 Å². The number of hydrogen-bond donors (Lipinski definition) is 2. The first-order valence-electron chi connectivity index (χ1n) is 8.28. The molecule has 3 rings (SSSR count). The molecule has 0 bridgehead atoms. The van der Waals surface area contributed by atoms with Gasteiger partial charge in [0, 0.05) is 36.8 Å². The summed E-state index contributed by atoms with van der Waals surface area (Å²) in [7, 11) is 0. The Kier molecular flexibility index (Phi) is 5.82. The molecule has 1 amide bonds. The topological polar surface area (TPSA) is 87.5 Å². The van der Waals surface area contributed by atoms with E-state index in [1.54, 1.807) is 12.1 Å². The van der Waals surface area contributed by atoms with Gasteiger partial charge < -0.3 is 10.6 Å². The summed E-state index contributed by atoms with van der Waals surface area (Å²) in [6, 6.07) is 13.7. The molecule has 7 nitrogen and oxygen atoms in total. The van der Waals surface area contributed by atoms with Crippen molar-refractivity contribution in [3.8, 4) is 0 Å². The average Bonchev–Trinajstić information content (AvgIpc) is 2.62. The standard InChI is InChI=1S/C18H19ClN4O3/c19-14-5-3-4-13(10-14)17-11-20-8-9-22(17)12-18(24)21-15-6-1-2-7-16(15)23(25)26/h1-7,10,17,20H,8-9,11-12H2,(H,21,24). The van der Waals surface area contributed by atoms with E-state index in [9.17, 15) is 14.9 Å². The van der Waals surface area contributed by atoms with Crippen LogP contribution in [-0.4, -0.2) is 41.9 Å². The van der Waals surface area contributed by atoms with Crippen LogP contribution in [0.3, 0.4) is 0 Å². The lowest BCUT2D eigenvalue weighted by Gasteiger charge is -2.36. The summed E-state index contributed by atoms with van der Waals surface area (Å²) < 4.78 is 0. The Morgan fingerprint density at radius 3 is 2.88 bits per heavy atom. The second-order valence-electron chi connectivity index (χ2n) is 6.07. The Labute approximate surface area is 156 Å². The number of nitro groups is 1. The van der Waals surface area contributed by atoms with Crippen LogP contribution < -0.4 is 10.6 Å². The van der Waals surface area contributed by atoms with Gasteiger partial charge >= 0.3 is 0 Å². The monoisotopic (exact) mass is 374 g/mol. The number of nitrogens with one attached hydrogen (secondary N) is 2. The van der Waals surface area contributed by atoms with Crippen LogP contribution in [0.1, 0.15) is 11.6 Å². The predicted octanol–water partition coefficient (Wildman–Crippen LogP) is 2.83. The first-order valence-corrected chi connectivity index (χ1v) is 8.66. The molecule has 2 aromatic rings. The Morgan fingerprint density at radius 1 is 1.31 bits per heavy atom. The number of benzene rings is 2. The Morgan fingerprint density at radius 2 is 2.12 bits per heavy atom. The highest BCUT2D eigenvalue weighted by Gasteiger charge is 2.26. The fraction of sp³-hybridized carbons (Fsp3) is 0.278. The van der Waals surface area contributed by atoms with Crippen LogP contribution in [0.5, 0.6) is 0 Å². The molecule has 2 N–H and O–H groups in total. The minimum absolute atomic E-state index is 0.0129. The number of anilines is 1. The van der Waals surface area contributed by atoms with Gasteiger partial charge in [-0.3, -0.25) is 19.8 Å². The van der Waals surface area contributed by atoms with Crippen LogP contribution >= 0.6 is 11.6 Å². The first-order chi connectivity index (χ1) is 12.5. The number of piperazine rings is 1. The normalized spacial score (nSPS) is 17.7. The van der Waals surface area contributed by atoms with Gasteiger partial charge in [0.15, 0.2) is 0 Å². The molecule has 0 radical (unpaired) electrons. The molecule has 1 aliphatic rings. The summed E-state index contributed by atoms with van der Waals surface area (Å²) in [5.74, 6) is -0.284. The molecule has 1 atom stereocenters. The first kappa shape index (κ1) is 18.3. The van der Waals surface area contributed by atoms with Crippen molar-refractivity contribution in [3.05, 3.63) is 69.2 Å². The predicted molar refractivity (Wildman–Crippen MR) is 100 cm³/mol. The van der Waals surface area contributed by atoms with Gasteiger partial charge in [-0.05, 0) is 23.8 Å². The van der Waals surface area contributed by atoms with E-state index >= 15 is 0 Å². The number of halogens is 1. The molecule has 1 saturated heterocycles. The van der Waals surface area contributed by atoms with Crippen molar-refractivity contribution in [2.24, 2.45) is 0 Å². The van der Waals surface area contributed by atoms with Crippen molar-refractivity contribution in [3.63, 3.8) is 0 Å². The van der Waals surface area contributed by atoms with E-state index in [4.69, 9.17) is 11.6 Å². The van der Waals surface area contributed by atoms with Gasteiger partial charge in [-0.25, -0.2) is 0 Å². The molecule has 1 fully saturated rings. The maximum Gasteiger partial charge on any atom is 0.292 e. The van der Waals surface area contributed by atoms with Crippen molar-refractivity contribution in [2.75, 3.05) is 31.5 Å². The lowest BCUT2D eigenvalue weighted by atomic mass is 10.0. The third-order valence-electron chi connectivity index (χ3n) is 4.31. The number of para-hydroxylation sites is 2. The zero-order valence-electron chi connectivity index (χ0n) is 14.0. The Hall–Kier alpha value is -2.48. The average molecular weight is 375 g/mol. The minimum atomic E-state index is -0.505. The van der Waals surface area contributed by atoms with Crippen molar-refractivity contribution in [1.82, 2.24) is 10.2 Å².